The third-order valence-corrected chi connectivity index (χ3v) is 4.73. The molecule has 6 nitrogen and oxygen atoms in total. The van der Waals surface area contributed by atoms with E-state index in [-0.39, 0.29) is 5.91 Å². The second kappa shape index (κ2) is 6.11. The van der Waals surface area contributed by atoms with Crippen LogP contribution in [0.3, 0.4) is 0 Å². The molecule has 4 rings (SSSR count). The summed E-state index contributed by atoms with van der Waals surface area (Å²) in [6.07, 6.45) is 6.40. The summed E-state index contributed by atoms with van der Waals surface area (Å²) < 4.78 is 4.14. The molecule has 0 atom stereocenters. The standard InChI is InChI=1S/C18H21N5O/c1-22-12-14(13-7-4-5-8-15(13)22)18(24)19-11-17-21-20-16-9-3-2-6-10-23(16)17/h4-5,7-8,12H,2-3,6,9-11H2,1H3,(H,19,24). The van der Waals surface area contributed by atoms with E-state index < -0.39 is 0 Å². The molecule has 1 N–H and O–H groups in total. The van der Waals surface area contributed by atoms with Gasteiger partial charge >= 0.3 is 0 Å². The minimum absolute atomic E-state index is 0.0715. The third-order valence-electron chi connectivity index (χ3n) is 4.73. The smallest absolute Gasteiger partial charge is 0.253 e. The molecule has 3 heterocycles. The van der Waals surface area contributed by atoms with E-state index in [2.05, 4.69) is 20.1 Å². The Bertz CT molecular complexity index is 892. The minimum Gasteiger partial charge on any atom is -0.350 e. The van der Waals surface area contributed by atoms with E-state index in [1.54, 1.807) is 0 Å². The number of carbonyl (C=O) groups is 1. The highest BCUT2D eigenvalue weighted by Crippen LogP contribution is 2.20. The molecule has 1 aliphatic heterocycles. The maximum absolute atomic E-state index is 12.6. The van der Waals surface area contributed by atoms with Gasteiger partial charge in [-0.15, -0.1) is 10.2 Å². The van der Waals surface area contributed by atoms with E-state index in [1.807, 2.05) is 42.1 Å². The van der Waals surface area contributed by atoms with Gasteiger partial charge in [-0.25, -0.2) is 0 Å². The van der Waals surface area contributed by atoms with Crippen LogP contribution in [-0.4, -0.2) is 25.2 Å². The topological polar surface area (TPSA) is 64.7 Å². The molecule has 0 saturated carbocycles. The quantitative estimate of drug-likeness (QED) is 0.805. The molecule has 0 spiro atoms. The molecule has 1 amide bonds. The lowest BCUT2D eigenvalue weighted by molar-refractivity contribution is 0.0951. The second-order valence-corrected chi connectivity index (χ2v) is 6.35. The van der Waals surface area contributed by atoms with Crippen LogP contribution in [0.2, 0.25) is 0 Å². The average Bonchev–Trinajstić information content (AvgIpc) is 3.05. The van der Waals surface area contributed by atoms with Gasteiger partial charge in [0.1, 0.15) is 5.82 Å². The van der Waals surface area contributed by atoms with Gasteiger partial charge in [0.15, 0.2) is 5.82 Å². The Morgan fingerprint density at radius 2 is 2.08 bits per heavy atom. The first-order valence-electron chi connectivity index (χ1n) is 8.47. The van der Waals surface area contributed by atoms with Crippen LogP contribution in [0.15, 0.2) is 30.5 Å². The summed E-state index contributed by atoms with van der Waals surface area (Å²) in [5.74, 6) is 1.82. The molecular weight excluding hydrogens is 302 g/mol. The summed E-state index contributed by atoms with van der Waals surface area (Å²) in [5, 5.41) is 12.5. The van der Waals surface area contributed by atoms with Crippen LogP contribution in [0.4, 0.5) is 0 Å². The van der Waals surface area contributed by atoms with Crippen molar-refractivity contribution in [2.75, 3.05) is 0 Å². The van der Waals surface area contributed by atoms with E-state index in [0.29, 0.717) is 12.1 Å². The highest BCUT2D eigenvalue weighted by molar-refractivity contribution is 6.06. The number of hydrogen-bond acceptors (Lipinski definition) is 3. The Labute approximate surface area is 140 Å². The normalized spacial score (nSPS) is 14.4. The summed E-state index contributed by atoms with van der Waals surface area (Å²) in [5.41, 5.74) is 1.75. The number of fused-ring (bicyclic) bond motifs is 2. The number of para-hydroxylation sites is 1. The highest BCUT2D eigenvalue weighted by Gasteiger charge is 2.17. The average molecular weight is 323 g/mol. The zero-order valence-electron chi connectivity index (χ0n) is 13.8. The van der Waals surface area contributed by atoms with Gasteiger partial charge in [-0.1, -0.05) is 24.6 Å². The number of benzene rings is 1. The number of nitrogens with zero attached hydrogens (tertiary/aromatic N) is 4. The van der Waals surface area contributed by atoms with Crippen LogP contribution in [0.25, 0.3) is 10.9 Å². The lowest BCUT2D eigenvalue weighted by atomic mass is 10.1. The van der Waals surface area contributed by atoms with Gasteiger partial charge in [0.05, 0.1) is 12.1 Å². The number of rotatable bonds is 3. The molecule has 6 heteroatoms. The van der Waals surface area contributed by atoms with Gasteiger partial charge in [0.25, 0.3) is 5.91 Å². The number of carbonyl (C=O) groups excluding carboxylic acids is 1. The molecule has 0 bridgehead atoms. The van der Waals surface area contributed by atoms with Crippen LogP contribution in [0, 0.1) is 0 Å². The Morgan fingerprint density at radius 3 is 3.00 bits per heavy atom. The SMILES string of the molecule is Cn1cc(C(=O)NCc2nnc3n2CCCCC3)c2ccccc21. The first-order chi connectivity index (χ1) is 11.7. The van der Waals surface area contributed by atoms with Crippen LogP contribution < -0.4 is 5.32 Å². The summed E-state index contributed by atoms with van der Waals surface area (Å²) in [6.45, 7) is 1.36. The Balaban J connectivity index is 1.54. The van der Waals surface area contributed by atoms with Crippen molar-refractivity contribution in [3.8, 4) is 0 Å². The minimum atomic E-state index is -0.0715. The molecule has 1 aromatic carbocycles. The zero-order valence-corrected chi connectivity index (χ0v) is 13.8. The first kappa shape index (κ1) is 14.9. The van der Waals surface area contributed by atoms with Gasteiger partial charge in [-0.05, 0) is 18.9 Å². The van der Waals surface area contributed by atoms with E-state index in [0.717, 1.165) is 41.9 Å². The number of hydrogen-bond donors (Lipinski definition) is 1. The Hall–Kier alpha value is -2.63. The maximum atomic E-state index is 12.6. The van der Waals surface area contributed by atoms with Gasteiger partial charge < -0.3 is 14.5 Å². The van der Waals surface area contributed by atoms with Gasteiger partial charge in [-0.3, -0.25) is 4.79 Å². The molecule has 2 aromatic heterocycles. The van der Waals surface area contributed by atoms with Crippen molar-refractivity contribution in [1.82, 2.24) is 24.6 Å². The van der Waals surface area contributed by atoms with Crippen LogP contribution in [0.1, 0.15) is 41.3 Å². The second-order valence-electron chi connectivity index (χ2n) is 6.35. The predicted octanol–water partition coefficient (Wildman–Crippen LogP) is 2.43. The summed E-state index contributed by atoms with van der Waals surface area (Å²) in [7, 11) is 1.96. The van der Waals surface area contributed by atoms with E-state index >= 15 is 0 Å². The van der Waals surface area contributed by atoms with Crippen molar-refractivity contribution >= 4 is 16.8 Å². The molecular formula is C18H21N5O. The number of amides is 1. The Kier molecular flexibility index (Phi) is 3.80. The van der Waals surface area contributed by atoms with Gasteiger partial charge in [0.2, 0.25) is 0 Å². The highest BCUT2D eigenvalue weighted by atomic mass is 16.1. The molecule has 1 aliphatic rings. The van der Waals surface area contributed by atoms with Crippen molar-refractivity contribution < 1.29 is 4.79 Å². The monoisotopic (exact) mass is 323 g/mol. The fraction of sp³-hybridized carbons (Fsp3) is 0.389. The van der Waals surface area contributed by atoms with E-state index in [1.165, 1.54) is 12.8 Å². The molecule has 0 fully saturated rings. The van der Waals surface area contributed by atoms with Crippen LogP contribution >= 0.6 is 0 Å². The Morgan fingerprint density at radius 1 is 1.21 bits per heavy atom. The lowest BCUT2D eigenvalue weighted by Crippen LogP contribution is -2.24. The molecule has 0 aliphatic carbocycles. The van der Waals surface area contributed by atoms with Crippen molar-refractivity contribution in [3.05, 3.63) is 47.7 Å². The van der Waals surface area contributed by atoms with Gasteiger partial charge in [-0.2, -0.15) is 0 Å². The number of nitrogens with one attached hydrogen (secondary N) is 1. The van der Waals surface area contributed by atoms with Crippen LogP contribution in [-0.2, 0) is 26.6 Å². The summed E-state index contributed by atoms with van der Waals surface area (Å²) in [4.78, 5) is 12.6. The van der Waals surface area contributed by atoms with Crippen molar-refractivity contribution in [2.45, 2.75) is 38.8 Å². The maximum Gasteiger partial charge on any atom is 0.253 e. The molecule has 0 saturated heterocycles. The van der Waals surface area contributed by atoms with E-state index in [4.69, 9.17) is 0 Å². The third kappa shape index (κ3) is 2.58. The molecule has 0 unspecified atom stereocenters. The van der Waals surface area contributed by atoms with Crippen molar-refractivity contribution in [3.63, 3.8) is 0 Å². The number of aryl methyl sites for hydroxylation is 2. The lowest BCUT2D eigenvalue weighted by Gasteiger charge is -2.08. The molecule has 3 aromatic rings. The predicted molar refractivity (Wildman–Crippen MR) is 91.7 cm³/mol. The fourth-order valence-electron chi connectivity index (χ4n) is 3.45. The molecule has 0 radical (unpaired) electrons. The summed E-state index contributed by atoms with van der Waals surface area (Å²) >= 11 is 0. The van der Waals surface area contributed by atoms with Crippen molar-refractivity contribution in [2.24, 2.45) is 7.05 Å². The summed E-state index contributed by atoms with van der Waals surface area (Å²) in [6, 6.07) is 7.94. The molecule has 24 heavy (non-hydrogen) atoms. The first-order valence-corrected chi connectivity index (χ1v) is 8.47. The van der Waals surface area contributed by atoms with E-state index in [9.17, 15) is 4.79 Å². The fourth-order valence-corrected chi connectivity index (χ4v) is 3.45. The van der Waals surface area contributed by atoms with Crippen molar-refractivity contribution in [1.29, 1.82) is 0 Å². The number of aromatic nitrogens is 4. The zero-order chi connectivity index (χ0) is 16.5. The molecule has 124 valence electrons. The van der Waals surface area contributed by atoms with Crippen LogP contribution in [0.5, 0.6) is 0 Å². The van der Waals surface area contributed by atoms with Gasteiger partial charge in [0, 0.05) is 37.1 Å². The largest absolute Gasteiger partial charge is 0.350 e.